The van der Waals surface area contributed by atoms with E-state index in [0.29, 0.717) is 17.7 Å². The Hall–Kier alpha value is -3.03. The van der Waals surface area contributed by atoms with E-state index in [9.17, 15) is 4.79 Å². The second-order valence-electron chi connectivity index (χ2n) is 7.32. The van der Waals surface area contributed by atoms with Gasteiger partial charge in [0.05, 0.1) is 36.3 Å². The summed E-state index contributed by atoms with van der Waals surface area (Å²) in [5, 5.41) is 9.56. The zero-order valence-electron chi connectivity index (χ0n) is 16.4. The van der Waals surface area contributed by atoms with E-state index in [-0.39, 0.29) is 5.56 Å². The average Bonchev–Trinajstić information content (AvgIpc) is 3.18. The highest BCUT2D eigenvalue weighted by Crippen LogP contribution is 2.19. The van der Waals surface area contributed by atoms with Crippen molar-refractivity contribution in [3.8, 4) is 5.69 Å². The van der Waals surface area contributed by atoms with Crippen molar-refractivity contribution in [2.75, 3.05) is 26.3 Å². The SMILES string of the molecule is CCc1ccc(-n2c(=O)c3ccccc3n3c(CN4CCOCC4)nnc23)cc1. The van der Waals surface area contributed by atoms with Crippen LogP contribution in [0.2, 0.25) is 0 Å². The summed E-state index contributed by atoms with van der Waals surface area (Å²) in [7, 11) is 0. The Labute approximate surface area is 168 Å². The van der Waals surface area contributed by atoms with E-state index in [1.54, 1.807) is 4.57 Å². The molecule has 29 heavy (non-hydrogen) atoms. The first-order valence-corrected chi connectivity index (χ1v) is 10.0. The Morgan fingerprint density at radius 1 is 1.00 bits per heavy atom. The monoisotopic (exact) mass is 389 g/mol. The lowest BCUT2D eigenvalue weighted by Crippen LogP contribution is -2.36. The summed E-state index contributed by atoms with van der Waals surface area (Å²) in [4.78, 5) is 15.7. The van der Waals surface area contributed by atoms with Gasteiger partial charge in [-0.25, -0.2) is 4.57 Å². The minimum atomic E-state index is -0.0809. The first-order chi connectivity index (χ1) is 14.3. The van der Waals surface area contributed by atoms with Crippen LogP contribution in [-0.2, 0) is 17.7 Å². The number of hydrogen-bond donors (Lipinski definition) is 0. The maximum atomic E-state index is 13.4. The zero-order valence-corrected chi connectivity index (χ0v) is 16.4. The quantitative estimate of drug-likeness (QED) is 0.536. The molecule has 7 nitrogen and oxygen atoms in total. The van der Waals surface area contributed by atoms with Crippen LogP contribution < -0.4 is 5.56 Å². The molecule has 0 amide bonds. The second-order valence-corrected chi connectivity index (χ2v) is 7.32. The van der Waals surface area contributed by atoms with Gasteiger partial charge in [-0.05, 0) is 36.2 Å². The van der Waals surface area contributed by atoms with E-state index < -0.39 is 0 Å². The van der Waals surface area contributed by atoms with Crippen LogP contribution in [0.5, 0.6) is 0 Å². The fourth-order valence-electron chi connectivity index (χ4n) is 3.93. The van der Waals surface area contributed by atoms with Crippen molar-refractivity contribution in [2.45, 2.75) is 19.9 Å². The molecule has 4 aromatic rings. The number of benzene rings is 2. The number of rotatable bonds is 4. The molecule has 2 aromatic carbocycles. The average molecular weight is 389 g/mol. The first kappa shape index (κ1) is 18.0. The molecule has 0 spiro atoms. The highest BCUT2D eigenvalue weighted by molar-refractivity contribution is 5.81. The molecule has 5 rings (SSSR count). The smallest absolute Gasteiger partial charge is 0.267 e. The molecule has 3 heterocycles. The van der Waals surface area contributed by atoms with Crippen LogP contribution in [0.4, 0.5) is 0 Å². The van der Waals surface area contributed by atoms with Gasteiger partial charge in [-0.1, -0.05) is 31.2 Å². The summed E-state index contributed by atoms with van der Waals surface area (Å²) in [5.74, 6) is 1.37. The molecule has 0 saturated carbocycles. The van der Waals surface area contributed by atoms with E-state index >= 15 is 0 Å². The molecule has 7 heteroatoms. The van der Waals surface area contributed by atoms with Gasteiger partial charge in [0.2, 0.25) is 5.78 Å². The third-order valence-electron chi connectivity index (χ3n) is 5.56. The van der Waals surface area contributed by atoms with Crippen molar-refractivity contribution in [3.63, 3.8) is 0 Å². The lowest BCUT2D eigenvalue weighted by molar-refractivity contribution is 0.0329. The van der Waals surface area contributed by atoms with Gasteiger partial charge in [0.1, 0.15) is 0 Å². The fraction of sp³-hybridized carbons (Fsp3) is 0.318. The van der Waals surface area contributed by atoms with Crippen molar-refractivity contribution in [1.29, 1.82) is 0 Å². The Balaban J connectivity index is 1.74. The molecule has 1 saturated heterocycles. The molecule has 0 radical (unpaired) electrons. The lowest BCUT2D eigenvalue weighted by Gasteiger charge is -2.25. The molecule has 0 aliphatic carbocycles. The molecule has 0 bridgehead atoms. The van der Waals surface area contributed by atoms with E-state index in [0.717, 1.165) is 49.8 Å². The Bertz CT molecular complexity index is 1220. The van der Waals surface area contributed by atoms with Gasteiger partial charge in [0.15, 0.2) is 5.82 Å². The van der Waals surface area contributed by atoms with Crippen molar-refractivity contribution in [1.82, 2.24) is 24.1 Å². The van der Waals surface area contributed by atoms with Crippen LogP contribution in [0.1, 0.15) is 18.3 Å². The number of para-hydroxylation sites is 1. The number of ether oxygens (including phenoxy) is 1. The summed E-state index contributed by atoms with van der Waals surface area (Å²) < 4.78 is 9.14. The van der Waals surface area contributed by atoms with Crippen LogP contribution in [0.3, 0.4) is 0 Å². The zero-order chi connectivity index (χ0) is 19.8. The molecule has 1 fully saturated rings. The molecule has 0 atom stereocenters. The van der Waals surface area contributed by atoms with Gasteiger partial charge in [0.25, 0.3) is 5.56 Å². The topological polar surface area (TPSA) is 64.7 Å². The predicted molar refractivity (Wildman–Crippen MR) is 112 cm³/mol. The summed E-state index contributed by atoms with van der Waals surface area (Å²) in [6.45, 7) is 5.97. The lowest BCUT2D eigenvalue weighted by atomic mass is 10.1. The van der Waals surface area contributed by atoms with Crippen LogP contribution in [0.15, 0.2) is 53.3 Å². The van der Waals surface area contributed by atoms with E-state index in [2.05, 4.69) is 34.2 Å². The summed E-state index contributed by atoms with van der Waals surface area (Å²) in [6, 6.07) is 15.7. The van der Waals surface area contributed by atoms with Crippen molar-refractivity contribution < 1.29 is 4.74 Å². The van der Waals surface area contributed by atoms with E-state index in [1.165, 1.54) is 5.56 Å². The van der Waals surface area contributed by atoms with Crippen LogP contribution in [-0.4, -0.2) is 50.4 Å². The third kappa shape index (κ3) is 3.12. The standard InChI is InChI=1S/C22H23N5O2/c1-2-16-7-9-17(10-8-16)26-21(28)18-5-3-4-6-19(18)27-20(23-24-22(26)27)15-25-11-13-29-14-12-25/h3-10H,2,11-15H2,1H3. The van der Waals surface area contributed by atoms with Gasteiger partial charge in [-0.15, -0.1) is 10.2 Å². The number of nitrogens with zero attached hydrogens (tertiary/aromatic N) is 5. The maximum Gasteiger partial charge on any atom is 0.267 e. The van der Waals surface area contributed by atoms with Crippen LogP contribution >= 0.6 is 0 Å². The van der Waals surface area contributed by atoms with Gasteiger partial charge in [-0.2, -0.15) is 0 Å². The molecule has 2 aromatic heterocycles. The summed E-state index contributed by atoms with van der Waals surface area (Å²) in [6.07, 6.45) is 0.955. The van der Waals surface area contributed by atoms with Gasteiger partial charge < -0.3 is 4.74 Å². The second kappa shape index (κ2) is 7.42. The minimum Gasteiger partial charge on any atom is -0.379 e. The summed E-state index contributed by atoms with van der Waals surface area (Å²) >= 11 is 0. The number of aryl methyl sites for hydroxylation is 1. The Morgan fingerprint density at radius 2 is 1.76 bits per heavy atom. The number of fused-ring (bicyclic) bond motifs is 3. The normalized spacial score (nSPS) is 15.3. The molecule has 0 N–H and O–H groups in total. The van der Waals surface area contributed by atoms with Crippen molar-refractivity contribution in [2.24, 2.45) is 0 Å². The van der Waals surface area contributed by atoms with Crippen molar-refractivity contribution >= 4 is 16.7 Å². The van der Waals surface area contributed by atoms with Gasteiger partial charge >= 0.3 is 0 Å². The first-order valence-electron chi connectivity index (χ1n) is 10.0. The van der Waals surface area contributed by atoms with Crippen LogP contribution in [0, 0.1) is 0 Å². The highest BCUT2D eigenvalue weighted by Gasteiger charge is 2.20. The fourth-order valence-corrected chi connectivity index (χ4v) is 3.93. The highest BCUT2D eigenvalue weighted by atomic mass is 16.5. The predicted octanol–water partition coefficient (Wildman–Crippen LogP) is 2.43. The molecular formula is C22H23N5O2. The van der Waals surface area contributed by atoms with Gasteiger partial charge in [-0.3, -0.25) is 14.1 Å². The minimum absolute atomic E-state index is 0.0809. The molecule has 148 valence electrons. The third-order valence-corrected chi connectivity index (χ3v) is 5.56. The maximum absolute atomic E-state index is 13.4. The Morgan fingerprint density at radius 3 is 2.52 bits per heavy atom. The molecular weight excluding hydrogens is 366 g/mol. The Kier molecular flexibility index (Phi) is 4.61. The summed E-state index contributed by atoms with van der Waals surface area (Å²) in [5.41, 5.74) is 2.78. The van der Waals surface area contributed by atoms with E-state index in [4.69, 9.17) is 4.74 Å². The van der Waals surface area contributed by atoms with E-state index in [1.807, 2.05) is 40.8 Å². The van der Waals surface area contributed by atoms with Crippen molar-refractivity contribution in [3.05, 3.63) is 70.3 Å². The molecule has 1 aliphatic rings. The number of morpholine rings is 1. The number of hydrogen-bond acceptors (Lipinski definition) is 5. The van der Waals surface area contributed by atoms with Crippen LogP contribution in [0.25, 0.3) is 22.4 Å². The molecule has 0 unspecified atom stereocenters. The number of aromatic nitrogens is 4. The molecule has 1 aliphatic heterocycles. The largest absolute Gasteiger partial charge is 0.379 e. The van der Waals surface area contributed by atoms with Gasteiger partial charge in [0, 0.05) is 13.1 Å².